The van der Waals surface area contributed by atoms with Crippen molar-refractivity contribution in [3.05, 3.63) is 18.2 Å². The number of carboxylic acid groups (broad SMARTS) is 1. The Morgan fingerprint density at radius 3 is 2.81 bits per heavy atom. The minimum absolute atomic E-state index is 0.162. The number of aromatic amines is 1. The van der Waals surface area contributed by atoms with Crippen LogP contribution in [0.25, 0.3) is 22.1 Å². The molecule has 10 nitrogen and oxygen atoms in total. The minimum Gasteiger partial charge on any atom is -0.549 e. The SMILES string of the molecule is O=C([O-])CSc1nnc2c(n1)[nH]c1ccc(S(=O)(=O)N3CCOCC3)cc12. The number of nitrogens with zero attached hydrogens (tertiary/aromatic N) is 4. The molecule has 0 bridgehead atoms. The predicted octanol–water partition coefficient (Wildman–Crippen LogP) is -0.631. The highest BCUT2D eigenvalue weighted by Gasteiger charge is 2.27. The molecule has 1 aliphatic heterocycles. The van der Waals surface area contributed by atoms with Gasteiger partial charge in [-0.3, -0.25) is 0 Å². The molecule has 3 aromatic rings. The number of nitrogens with one attached hydrogen (secondary N) is 1. The van der Waals surface area contributed by atoms with E-state index in [2.05, 4.69) is 20.2 Å². The first kappa shape index (κ1) is 18.1. The molecule has 142 valence electrons. The number of carbonyl (C=O) groups is 1. The number of benzene rings is 1. The highest BCUT2D eigenvalue weighted by atomic mass is 32.2. The molecule has 0 aliphatic carbocycles. The highest BCUT2D eigenvalue weighted by Crippen LogP contribution is 2.27. The number of aliphatic carboxylic acids is 1. The summed E-state index contributed by atoms with van der Waals surface area (Å²) >= 11 is 0.898. The Morgan fingerprint density at radius 1 is 1.30 bits per heavy atom. The van der Waals surface area contributed by atoms with Crippen LogP contribution in [-0.4, -0.2) is 70.9 Å². The van der Waals surface area contributed by atoms with E-state index in [-0.39, 0.29) is 15.8 Å². The number of rotatable bonds is 5. The van der Waals surface area contributed by atoms with Gasteiger partial charge in [-0.15, -0.1) is 10.2 Å². The van der Waals surface area contributed by atoms with Crippen molar-refractivity contribution in [1.29, 1.82) is 0 Å². The van der Waals surface area contributed by atoms with Gasteiger partial charge in [0.25, 0.3) is 0 Å². The summed E-state index contributed by atoms with van der Waals surface area (Å²) in [7, 11) is -3.63. The van der Waals surface area contributed by atoms with E-state index in [1.165, 1.54) is 10.4 Å². The van der Waals surface area contributed by atoms with E-state index in [1.54, 1.807) is 12.1 Å². The Kier molecular flexibility index (Phi) is 4.72. The van der Waals surface area contributed by atoms with Gasteiger partial charge < -0.3 is 19.6 Å². The smallest absolute Gasteiger partial charge is 0.243 e. The van der Waals surface area contributed by atoms with E-state index in [0.717, 1.165) is 11.8 Å². The molecule has 0 saturated carbocycles. The zero-order valence-electron chi connectivity index (χ0n) is 13.9. The molecule has 0 amide bonds. The topological polar surface area (TPSA) is 141 Å². The zero-order chi connectivity index (χ0) is 19.0. The van der Waals surface area contributed by atoms with Gasteiger partial charge in [0.15, 0.2) is 5.65 Å². The molecule has 0 spiro atoms. The summed E-state index contributed by atoms with van der Waals surface area (Å²) in [6, 6.07) is 4.73. The van der Waals surface area contributed by atoms with Crippen LogP contribution >= 0.6 is 11.8 Å². The third kappa shape index (κ3) is 3.48. The number of hydrogen-bond acceptors (Lipinski definition) is 9. The zero-order valence-corrected chi connectivity index (χ0v) is 15.5. The summed E-state index contributed by atoms with van der Waals surface area (Å²) in [6.07, 6.45) is 0. The summed E-state index contributed by atoms with van der Waals surface area (Å²) in [5.74, 6) is -1.51. The quantitative estimate of drug-likeness (QED) is 0.546. The summed E-state index contributed by atoms with van der Waals surface area (Å²) in [4.78, 5) is 18.0. The number of carboxylic acids is 1. The van der Waals surface area contributed by atoms with Crippen molar-refractivity contribution in [2.75, 3.05) is 32.1 Å². The molecule has 1 aliphatic rings. The molecule has 0 radical (unpaired) electrons. The Bertz CT molecular complexity index is 1120. The van der Waals surface area contributed by atoms with Crippen LogP contribution in [0, 0.1) is 0 Å². The fourth-order valence-electron chi connectivity index (χ4n) is 2.82. The van der Waals surface area contributed by atoms with Crippen molar-refractivity contribution in [2.45, 2.75) is 10.1 Å². The van der Waals surface area contributed by atoms with Crippen LogP contribution in [0.2, 0.25) is 0 Å². The molecule has 2 aromatic heterocycles. The van der Waals surface area contributed by atoms with Gasteiger partial charge in [0.05, 0.1) is 24.1 Å². The van der Waals surface area contributed by atoms with Crippen LogP contribution in [0.3, 0.4) is 0 Å². The maximum Gasteiger partial charge on any atom is 0.243 e. The number of thioether (sulfide) groups is 1. The number of aromatic nitrogens is 4. The third-order valence-electron chi connectivity index (χ3n) is 4.09. The first-order valence-corrected chi connectivity index (χ1v) is 10.4. The van der Waals surface area contributed by atoms with Gasteiger partial charge in [-0.05, 0) is 18.2 Å². The Balaban J connectivity index is 1.73. The van der Waals surface area contributed by atoms with Crippen molar-refractivity contribution in [3.63, 3.8) is 0 Å². The molecule has 1 fully saturated rings. The minimum atomic E-state index is -3.63. The Hall–Kier alpha value is -2.28. The lowest BCUT2D eigenvalue weighted by Gasteiger charge is -2.26. The Labute approximate surface area is 158 Å². The normalized spacial score (nSPS) is 16.1. The van der Waals surface area contributed by atoms with Crippen LogP contribution < -0.4 is 5.11 Å². The van der Waals surface area contributed by atoms with Crippen molar-refractivity contribution < 1.29 is 23.1 Å². The van der Waals surface area contributed by atoms with Crippen molar-refractivity contribution in [3.8, 4) is 0 Å². The lowest BCUT2D eigenvalue weighted by atomic mass is 10.2. The lowest BCUT2D eigenvalue weighted by molar-refractivity contribution is -0.301. The molecule has 0 atom stereocenters. The van der Waals surface area contributed by atoms with Crippen LogP contribution in [0.5, 0.6) is 0 Å². The number of H-pyrrole nitrogens is 1. The molecule has 1 N–H and O–H groups in total. The number of sulfonamides is 1. The van der Waals surface area contributed by atoms with Crippen molar-refractivity contribution >= 4 is 49.8 Å². The molecule has 3 heterocycles. The maximum atomic E-state index is 12.8. The molecule has 4 rings (SSSR count). The number of ether oxygens (including phenoxy) is 1. The van der Waals surface area contributed by atoms with E-state index in [9.17, 15) is 18.3 Å². The van der Waals surface area contributed by atoms with Gasteiger partial charge in [0.1, 0.15) is 5.52 Å². The fraction of sp³-hybridized carbons (Fsp3) is 0.333. The Morgan fingerprint density at radius 2 is 2.07 bits per heavy atom. The van der Waals surface area contributed by atoms with Crippen molar-refractivity contribution in [1.82, 2.24) is 24.5 Å². The lowest BCUT2D eigenvalue weighted by Crippen LogP contribution is -2.40. The monoisotopic (exact) mass is 408 g/mol. The van der Waals surface area contributed by atoms with Crippen LogP contribution in [-0.2, 0) is 19.6 Å². The number of fused-ring (bicyclic) bond motifs is 3. The molecule has 1 saturated heterocycles. The average Bonchev–Trinajstić information content (AvgIpc) is 3.04. The highest BCUT2D eigenvalue weighted by molar-refractivity contribution is 7.99. The first-order valence-electron chi connectivity index (χ1n) is 8.02. The van der Waals surface area contributed by atoms with E-state index in [0.29, 0.717) is 48.4 Å². The van der Waals surface area contributed by atoms with Gasteiger partial charge in [-0.1, -0.05) is 11.8 Å². The average molecular weight is 408 g/mol. The fourth-order valence-corrected chi connectivity index (χ4v) is 4.75. The second-order valence-electron chi connectivity index (χ2n) is 5.80. The van der Waals surface area contributed by atoms with Crippen molar-refractivity contribution in [2.24, 2.45) is 0 Å². The van der Waals surface area contributed by atoms with Crippen LogP contribution in [0.4, 0.5) is 0 Å². The summed E-state index contributed by atoms with van der Waals surface area (Å²) in [6.45, 7) is 1.37. The van der Waals surface area contributed by atoms with Gasteiger partial charge in [-0.2, -0.15) is 4.31 Å². The largest absolute Gasteiger partial charge is 0.549 e. The van der Waals surface area contributed by atoms with Crippen LogP contribution in [0.15, 0.2) is 28.3 Å². The van der Waals surface area contributed by atoms with Gasteiger partial charge in [0.2, 0.25) is 15.2 Å². The number of carbonyl (C=O) groups excluding carboxylic acids is 1. The molecular formula is C15H14N5O5S2-. The standard InChI is InChI=1S/C15H15N5O5S2/c21-12(22)8-26-15-17-14-13(18-19-15)10-7-9(1-2-11(10)16-14)27(23,24)20-3-5-25-6-4-20/h1-2,7H,3-6,8H2,(H,21,22)(H,16,17,19)/p-1. The molecule has 0 unspecified atom stereocenters. The predicted molar refractivity (Wildman–Crippen MR) is 94.5 cm³/mol. The molecular weight excluding hydrogens is 394 g/mol. The van der Waals surface area contributed by atoms with E-state index in [1.807, 2.05) is 0 Å². The summed E-state index contributed by atoms with van der Waals surface area (Å²) in [5.41, 5.74) is 1.48. The summed E-state index contributed by atoms with van der Waals surface area (Å²) < 4.78 is 32.3. The molecule has 1 aromatic carbocycles. The molecule has 27 heavy (non-hydrogen) atoms. The summed E-state index contributed by atoms with van der Waals surface area (Å²) in [5, 5.41) is 19.3. The maximum absolute atomic E-state index is 12.8. The van der Waals surface area contributed by atoms with Gasteiger partial charge in [0, 0.05) is 29.7 Å². The van der Waals surface area contributed by atoms with Gasteiger partial charge in [-0.25, -0.2) is 13.4 Å². The third-order valence-corrected chi connectivity index (χ3v) is 6.80. The van der Waals surface area contributed by atoms with E-state index >= 15 is 0 Å². The van der Waals surface area contributed by atoms with Crippen LogP contribution in [0.1, 0.15) is 0 Å². The second-order valence-corrected chi connectivity index (χ2v) is 8.68. The molecule has 12 heteroatoms. The second kappa shape index (κ2) is 7.03. The number of hydrogen-bond donors (Lipinski definition) is 1. The van der Waals surface area contributed by atoms with E-state index < -0.39 is 16.0 Å². The number of morpholine rings is 1. The van der Waals surface area contributed by atoms with E-state index in [4.69, 9.17) is 4.74 Å². The van der Waals surface area contributed by atoms with Gasteiger partial charge >= 0.3 is 0 Å². The first-order chi connectivity index (χ1) is 12.9.